The Labute approximate surface area is 344 Å². The summed E-state index contributed by atoms with van der Waals surface area (Å²) in [6.07, 6.45) is 4.50. The minimum atomic E-state index is -0.124. The smallest absolute Gasteiger partial charge is 0.241 e. The Kier molecular flexibility index (Phi) is 8.68. The molecule has 0 heterocycles. The van der Waals surface area contributed by atoms with Gasteiger partial charge in [0.25, 0.3) is 0 Å². The molecule has 58 heavy (non-hydrogen) atoms. The molecule has 0 N–H and O–H groups in total. The highest BCUT2D eigenvalue weighted by atomic mass is 15.1. The molecule has 8 aromatic carbocycles. The first-order valence-electron chi connectivity index (χ1n) is 20.5. The summed E-state index contributed by atoms with van der Waals surface area (Å²) in [6, 6.07) is 71.5. The highest BCUT2D eigenvalue weighted by Gasteiger charge is 2.37. The van der Waals surface area contributed by atoms with Crippen molar-refractivity contribution >= 4 is 52.3 Å². The lowest BCUT2D eigenvalue weighted by molar-refractivity contribution is 0.660. The maximum Gasteiger partial charge on any atom is 0.241 e. The second-order valence-electron chi connectivity index (χ2n) is 17.0. The SMILES string of the molecule is CC1(C)c2cc(/C=C/c3ccc(N(c4ccccc4)c4ccc5c(c4)C(C)(C)c4ccccc4-5)cc3)ccc2-c2ccc(B(c3ccccc3)c3ccccc3)cc21. The number of fused-ring (bicyclic) bond motifs is 6. The summed E-state index contributed by atoms with van der Waals surface area (Å²) in [7, 11) is 0. The van der Waals surface area contributed by atoms with Crippen LogP contribution in [0.4, 0.5) is 17.1 Å². The van der Waals surface area contributed by atoms with E-state index in [-0.39, 0.29) is 17.5 Å². The van der Waals surface area contributed by atoms with Crippen LogP contribution in [0.5, 0.6) is 0 Å². The molecule has 278 valence electrons. The fourth-order valence-corrected chi connectivity index (χ4v) is 9.71. The van der Waals surface area contributed by atoms with Gasteiger partial charge in [0.1, 0.15) is 0 Å². The van der Waals surface area contributed by atoms with E-state index in [0.717, 1.165) is 11.4 Å². The molecule has 2 aliphatic carbocycles. The molecule has 0 aromatic heterocycles. The number of hydrogen-bond donors (Lipinski definition) is 0. The minimum Gasteiger partial charge on any atom is -0.310 e. The van der Waals surface area contributed by atoms with E-state index in [4.69, 9.17) is 0 Å². The molecule has 0 saturated carbocycles. The molecule has 0 atom stereocenters. The van der Waals surface area contributed by atoms with Crippen LogP contribution in [0.3, 0.4) is 0 Å². The van der Waals surface area contributed by atoms with Crippen molar-refractivity contribution in [1.29, 1.82) is 0 Å². The molecule has 0 bridgehead atoms. The number of anilines is 3. The molecule has 0 aliphatic heterocycles. The average molecular weight is 744 g/mol. The third-order valence-corrected chi connectivity index (χ3v) is 12.8. The van der Waals surface area contributed by atoms with E-state index < -0.39 is 0 Å². The zero-order valence-electron chi connectivity index (χ0n) is 33.7. The van der Waals surface area contributed by atoms with Crippen molar-refractivity contribution in [2.24, 2.45) is 0 Å². The van der Waals surface area contributed by atoms with E-state index in [0.29, 0.717) is 0 Å². The van der Waals surface area contributed by atoms with E-state index >= 15 is 0 Å². The first-order valence-corrected chi connectivity index (χ1v) is 20.5. The molecule has 0 unspecified atom stereocenters. The third kappa shape index (κ3) is 6.03. The summed E-state index contributed by atoms with van der Waals surface area (Å²) in [6.45, 7) is 9.64. The molecular weight excluding hydrogens is 697 g/mol. The maximum absolute atomic E-state index is 2.47. The Bertz CT molecular complexity index is 2780. The van der Waals surface area contributed by atoms with Gasteiger partial charge in [-0.05, 0) is 92.0 Å². The lowest BCUT2D eigenvalue weighted by Crippen LogP contribution is -2.52. The molecule has 0 fully saturated rings. The summed E-state index contributed by atoms with van der Waals surface area (Å²) >= 11 is 0. The predicted molar refractivity (Wildman–Crippen MR) is 249 cm³/mol. The summed E-state index contributed by atoms with van der Waals surface area (Å²) < 4.78 is 0. The van der Waals surface area contributed by atoms with Gasteiger partial charge in [-0.2, -0.15) is 0 Å². The van der Waals surface area contributed by atoms with Crippen molar-refractivity contribution in [3.8, 4) is 22.3 Å². The number of hydrogen-bond acceptors (Lipinski definition) is 1. The summed E-state index contributed by atoms with van der Waals surface area (Å²) in [5.74, 6) is 0. The third-order valence-electron chi connectivity index (χ3n) is 12.8. The van der Waals surface area contributed by atoms with Crippen LogP contribution in [0, 0.1) is 0 Å². The number of rotatable bonds is 8. The van der Waals surface area contributed by atoms with Crippen LogP contribution < -0.4 is 21.3 Å². The lowest BCUT2D eigenvalue weighted by atomic mass is 9.36. The first-order chi connectivity index (χ1) is 28.3. The zero-order valence-corrected chi connectivity index (χ0v) is 33.7. The molecule has 0 saturated heterocycles. The highest BCUT2D eigenvalue weighted by Crippen LogP contribution is 2.51. The van der Waals surface area contributed by atoms with E-state index in [1.165, 1.54) is 77.7 Å². The van der Waals surface area contributed by atoms with Crippen LogP contribution in [-0.2, 0) is 10.8 Å². The van der Waals surface area contributed by atoms with E-state index in [2.05, 4.69) is 239 Å². The van der Waals surface area contributed by atoms with Crippen LogP contribution in [0.15, 0.2) is 194 Å². The second-order valence-corrected chi connectivity index (χ2v) is 17.0. The lowest BCUT2D eigenvalue weighted by Gasteiger charge is -2.28. The minimum absolute atomic E-state index is 0.0642. The second kappa shape index (κ2) is 14.1. The predicted octanol–water partition coefficient (Wildman–Crippen LogP) is 12.5. The Hall–Kier alpha value is -6.64. The molecule has 0 spiro atoms. The quantitative estimate of drug-likeness (QED) is 0.111. The van der Waals surface area contributed by atoms with Gasteiger partial charge < -0.3 is 4.90 Å². The summed E-state index contributed by atoms with van der Waals surface area (Å²) in [5, 5.41) is 0. The van der Waals surface area contributed by atoms with Gasteiger partial charge >= 0.3 is 0 Å². The molecule has 10 rings (SSSR count). The fraction of sp³-hybridized carbons (Fsp3) is 0.107. The monoisotopic (exact) mass is 743 g/mol. The average Bonchev–Trinajstić information content (AvgIpc) is 3.63. The Balaban J connectivity index is 0.934. The number of benzene rings is 8. The van der Waals surface area contributed by atoms with Crippen molar-refractivity contribution in [2.45, 2.75) is 38.5 Å². The number of para-hydroxylation sites is 1. The highest BCUT2D eigenvalue weighted by molar-refractivity contribution is 6.95. The molecule has 0 radical (unpaired) electrons. The molecule has 1 nitrogen and oxygen atoms in total. The summed E-state index contributed by atoms with van der Waals surface area (Å²) in [5.41, 5.74) is 20.5. The van der Waals surface area contributed by atoms with E-state index in [1.807, 2.05) is 0 Å². The van der Waals surface area contributed by atoms with Crippen LogP contribution >= 0.6 is 0 Å². The largest absolute Gasteiger partial charge is 0.310 e. The number of nitrogens with zero attached hydrogens (tertiary/aromatic N) is 1. The Morgan fingerprint density at radius 3 is 1.47 bits per heavy atom. The van der Waals surface area contributed by atoms with Crippen LogP contribution in [0.25, 0.3) is 34.4 Å². The van der Waals surface area contributed by atoms with Crippen LogP contribution in [0.2, 0.25) is 0 Å². The zero-order chi connectivity index (χ0) is 39.4. The van der Waals surface area contributed by atoms with Crippen molar-refractivity contribution in [1.82, 2.24) is 0 Å². The van der Waals surface area contributed by atoms with Crippen molar-refractivity contribution in [2.75, 3.05) is 4.90 Å². The topological polar surface area (TPSA) is 3.24 Å². The van der Waals surface area contributed by atoms with Gasteiger partial charge in [0, 0.05) is 27.9 Å². The van der Waals surface area contributed by atoms with Gasteiger partial charge in [-0.1, -0.05) is 214 Å². The Morgan fingerprint density at radius 2 is 0.793 bits per heavy atom. The van der Waals surface area contributed by atoms with E-state index in [1.54, 1.807) is 0 Å². The van der Waals surface area contributed by atoms with E-state index in [9.17, 15) is 0 Å². The van der Waals surface area contributed by atoms with Crippen molar-refractivity contribution < 1.29 is 0 Å². The first kappa shape index (κ1) is 35.8. The molecular formula is C56H46BN. The van der Waals surface area contributed by atoms with Gasteiger partial charge in [0.2, 0.25) is 6.71 Å². The van der Waals surface area contributed by atoms with Gasteiger partial charge in [-0.15, -0.1) is 0 Å². The molecule has 0 amide bonds. The Morgan fingerprint density at radius 1 is 0.345 bits per heavy atom. The van der Waals surface area contributed by atoms with Crippen molar-refractivity contribution in [3.63, 3.8) is 0 Å². The molecule has 2 heteroatoms. The van der Waals surface area contributed by atoms with Gasteiger partial charge in [-0.3, -0.25) is 0 Å². The standard InChI is InChI=1S/C56H46BN/c1-55(2)51-23-15-14-22-47(51)50-35-32-46(38-54(50)55)58(44-20-12-7-13-21-44)45-30-26-39(27-31-45)24-25-40-28-33-48-49-34-29-43(37-53(49)56(3,4)52(48)36-40)57(41-16-8-5-9-17-41)42-18-10-6-11-19-42/h5-38H,1-4H3/b25-24+. The molecule has 2 aliphatic rings. The van der Waals surface area contributed by atoms with Crippen LogP contribution in [0.1, 0.15) is 61.1 Å². The van der Waals surface area contributed by atoms with Gasteiger partial charge in [-0.25, -0.2) is 0 Å². The van der Waals surface area contributed by atoms with Crippen molar-refractivity contribution in [3.05, 3.63) is 228 Å². The maximum atomic E-state index is 2.47. The van der Waals surface area contributed by atoms with Crippen LogP contribution in [-0.4, -0.2) is 6.71 Å². The van der Waals surface area contributed by atoms with Gasteiger partial charge in [0.05, 0.1) is 0 Å². The normalized spacial score (nSPS) is 14.1. The summed E-state index contributed by atoms with van der Waals surface area (Å²) in [4.78, 5) is 2.38. The van der Waals surface area contributed by atoms with Gasteiger partial charge in [0.15, 0.2) is 0 Å². The molecule has 8 aromatic rings. The fourth-order valence-electron chi connectivity index (χ4n) is 9.71.